The zero-order chi connectivity index (χ0) is 16.4. The lowest BCUT2D eigenvalue weighted by atomic mass is 10.0. The summed E-state index contributed by atoms with van der Waals surface area (Å²) in [5, 5.41) is 19.6. The lowest BCUT2D eigenvalue weighted by Gasteiger charge is -2.40. The monoisotopic (exact) mass is 359 g/mol. The van der Waals surface area contributed by atoms with Crippen molar-refractivity contribution in [2.75, 3.05) is 31.1 Å². The van der Waals surface area contributed by atoms with Crippen molar-refractivity contribution in [3.05, 3.63) is 17.0 Å². The minimum absolute atomic E-state index is 0.726. The van der Waals surface area contributed by atoms with Crippen LogP contribution in [-0.2, 0) is 0 Å². The van der Waals surface area contributed by atoms with Crippen LogP contribution in [0.25, 0.3) is 9.88 Å². The molecule has 126 valence electrons. The summed E-state index contributed by atoms with van der Waals surface area (Å²) in [4.78, 5) is 6.84. The van der Waals surface area contributed by atoms with E-state index < -0.39 is 0 Å². The average Bonchev–Trinajstić information content (AvgIpc) is 3.32. The van der Waals surface area contributed by atoms with Gasteiger partial charge in [0.15, 0.2) is 5.01 Å². The summed E-state index contributed by atoms with van der Waals surface area (Å²) in [6, 6.07) is 6.76. The maximum atomic E-state index is 8.95. The average molecular weight is 360 g/mol. The van der Waals surface area contributed by atoms with Crippen LogP contribution in [-0.4, -0.2) is 47.3 Å². The van der Waals surface area contributed by atoms with Crippen LogP contribution in [0.1, 0.15) is 37.0 Å². The van der Waals surface area contributed by atoms with Gasteiger partial charge in [0.2, 0.25) is 5.13 Å². The van der Waals surface area contributed by atoms with Gasteiger partial charge in [-0.15, -0.1) is 21.5 Å². The Morgan fingerprint density at radius 2 is 1.79 bits per heavy atom. The number of likely N-dealkylation sites (tertiary alicyclic amines) is 1. The first kappa shape index (κ1) is 16.0. The van der Waals surface area contributed by atoms with Crippen LogP contribution in [0.2, 0.25) is 0 Å². The first-order valence-corrected chi connectivity index (χ1v) is 10.3. The first-order chi connectivity index (χ1) is 11.8. The van der Waals surface area contributed by atoms with Crippen molar-refractivity contribution in [3.8, 4) is 16.0 Å². The fourth-order valence-corrected chi connectivity index (χ4v) is 5.41. The van der Waals surface area contributed by atoms with Crippen molar-refractivity contribution in [2.24, 2.45) is 0 Å². The van der Waals surface area contributed by atoms with E-state index in [1.807, 2.05) is 12.1 Å². The van der Waals surface area contributed by atoms with E-state index in [1.54, 1.807) is 11.3 Å². The molecule has 2 aliphatic rings. The van der Waals surface area contributed by atoms with E-state index in [0.717, 1.165) is 39.0 Å². The smallest absolute Gasteiger partial charge is 0.208 e. The van der Waals surface area contributed by atoms with Gasteiger partial charge < -0.3 is 9.80 Å². The Morgan fingerprint density at radius 1 is 1.00 bits per heavy atom. The highest BCUT2D eigenvalue weighted by Crippen LogP contribution is 2.34. The van der Waals surface area contributed by atoms with Crippen LogP contribution in [0, 0.1) is 11.3 Å². The molecule has 4 heterocycles. The summed E-state index contributed by atoms with van der Waals surface area (Å²) >= 11 is 3.13. The second-order valence-corrected chi connectivity index (χ2v) is 8.52. The molecule has 0 aromatic carbocycles. The standard InChI is InChI=1S/C17H21N5S2/c18-12-14-4-5-15(23-14)16-19-20-17(24-16)22-10-6-13(7-11-22)21-8-2-1-3-9-21/h4-5,13H,1-3,6-11H2. The van der Waals surface area contributed by atoms with Gasteiger partial charge in [-0.2, -0.15) is 5.26 Å². The molecule has 7 heteroatoms. The van der Waals surface area contributed by atoms with Crippen molar-refractivity contribution < 1.29 is 0 Å². The Morgan fingerprint density at radius 3 is 2.50 bits per heavy atom. The molecule has 0 aliphatic carbocycles. The van der Waals surface area contributed by atoms with Gasteiger partial charge in [-0.1, -0.05) is 17.8 Å². The fourth-order valence-electron chi connectivity index (χ4n) is 3.66. The van der Waals surface area contributed by atoms with Crippen LogP contribution in [0.4, 0.5) is 5.13 Å². The molecule has 0 unspecified atom stereocenters. The van der Waals surface area contributed by atoms with E-state index in [4.69, 9.17) is 5.26 Å². The van der Waals surface area contributed by atoms with E-state index in [0.29, 0.717) is 0 Å². The molecule has 2 aromatic heterocycles. The summed E-state index contributed by atoms with van der Waals surface area (Å²) < 4.78 is 0. The third kappa shape index (κ3) is 3.32. The summed E-state index contributed by atoms with van der Waals surface area (Å²) in [5.74, 6) is 0. The zero-order valence-corrected chi connectivity index (χ0v) is 15.3. The van der Waals surface area contributed by atoms with Crippen molar-refractivity contribution in [1.29, 1.82) is 5.26 Å². The largest absolute Gasteiger partial charge is 0.347 e. The van der Waals surface area contributed by atoms with E-state index in [2.05, 4.69) is 26.1 Å². The lowest BCUT2D eigenvalue weighted by molar-refractivity contribution is 0.141. The van der Waals surface area contributed by atoms with Crippen LogP contribution in [0.5, 0.6) is 0 Å². The third-order valence-electron chi connectivity index (χ3n) is 4.98. The van der Waals surface area contributed by atoms with Crippen molar-refractivity contribution in [3.63, 3.8) is 0 Å². The summed E-state index contributed by atoms with van der Waals surface area (Å²) in [5.41, 5.74) is 0. The molecule has 2 fully saturated rings. The molecule has 0 spiro atoms. The molecule has 2 aliphatic heterocycles. The van der Waals surface area contributed by atoms with Crippen LogP contribution in [0.15, 0.2) is 12.1 Å². The quantitative estimate of drug-likeness (QED) is 0.838. The highest BCUT2D eigenvalue weighted by molar-refractivity contribution is 7.23. The van der Waals surface area contributed by atoms with Gasteiger partial charge in [-0.05, 0) is 50.9 Å². The predicted molar refractivity (Wildman–Crippen MR) is 98.6 cm³/mol. The maximum Gasteiger partial charge on any atom is 0.208 e. The number of aromatic nitrogens is 2. The number of nitrogens with zero attached hydrogens (tertiary/aromatic N) is 5. The lowest BCUT2D eigenvalue weighted by Crippen LogP contribution is -2.46. The Kier molecular flexibility index (Phi) is 4.79. The molecule has 0 amide bonds. The molecule has 4 rings (SSSR count). The van der Waals surface area contributed by atoms with E-state index in [1.165, 1.54) is 56.5 Å². The Hall–Kier alpha value is -1.49. The molecule has 0 saturated carbocycles. The molecule has 0 N–H and O–H groups in total. The Labute approximate surface area is 150 Å². The molecule has 24 heavy (non-hydrogen) atoms. The minimum Gasteiger partial charge on any atom is -0.347 e. The minimum atomic E-state index is 0.726. The van der Waals surface area contributed by atoms with Gasteiger partial charge in [0.25, 0.3) is 0 Å². The van der Waals surface area contributed by atoms with Gasteiger partial charge in [0.05, 0.1) is 4.88 Å². The number of rotatable bonds is 3. The predicted octanol–water partition coefficient (Wildman–Crippen LogP) is 3.59. The summed E-state index contributed by atoms with van der Waals surface area (Å²) in [6.07, 6.45) is 6.59. The first-order valence-electron chi connectivity index (χ1n) is 8.66. The number of hydrogen-bond donors (Lipinski definition) is 0. The van der Waals surface area contributed by atoms with Crippen molar-refractivity contribution in [1.82, 2.24) is 15.1 Å². The van der Waals surface area contributed by atoms with Crippen LogP contribution < -0.4 is 4.90 Å². The van der Waals surface area contributed by atoms with Gasteiger partial charge in [0, 0.05) is 19.1 Å². The van der Waals surface area contributed by atoms with Gasteiger partial charge >= 0.3 is 0 Å². The van der Waals surface area contributed by atoms with Crippen LogP contribution in [0.3, 0.4) is 0 Å². The molecule has 0 bridgehead atoms. The third-order valence-corrected chi connectivity index (χ3v) is 7.13. The summed E-state index contributed by atoms with van der Waals surface area (Å²) in [7, 11) is 0. The molecule has 2 saturated heterocycles. The number of piperidine rings is 2. The van der Waals surface area contributed by atoms with Crippen molar-refractivity contribution in [2.45, 2.75) is 38.1 Å². The van der Waals surface area contributed by atoms with E-state index in [-0.39, 0.29) is 0 Å². The van der Waals surface area contributed by atoms with Gasteiger partial charge in [-0.3, -0.25) is 0 Å². The normalized spacial score (nSPS) is 20.2. The molecular formula is C17H21N5S2. The molecule has 0 radical (unpaired) electrons. The zero-order valence-electron chi connectivity index (χ0n) is 13.6. The Bertz CT molecular complexity index is 717. The second kappa shape index (κ2) is 7.18. The number of anilines is 1. The van der Waals surface area contributed by atoms with Gasteiger partial charge in [0.1, 0.15) is 10.9 Å². The van der Waals surface area contributed by atoms with E-state index >= 15 is 0 Å². The highest BCUT2D eigenvalue weighted by Gasteiger charge is 2.27. The summed E-state index contributed by atoms with van der Waals surface area (Å²) in [6.45, 7) is 4.72. The number of nitriles is 1. The topological polar surface area (TPSA) is 56.1 Å². The van der Waals surface area contributed by atoms with Crippen molar-refractivity contribution >= 4 is 27.8 Å². The number of hydrogen-bond acceptors (Lipinski definition) is 7. The molecule has 0 atom stereocenters. The number of thiophene rings is 1. The molecular weight excluding hydrogens is 338 g/mol. The van der Waals surface area contributed by atoms with Gasteiger partial charge in [-0.25, -0.2) is 0 Å². The Balaban J connectivity index is 1.38. The maximum absolute atomic E-state index is 8.95. The SMILES string of the molecule is N#Cc1ccc(-c2nnc(N3CCC(N4CCCCC4)CC3)s2)s1. The highest BCUT2D eigenvalue weighted by atomic mass is 32.1. The van der Waals surface area contributed by atoms with Crippen LogP contribution >= 0.6 is 22.7 Å². The molecule has 5 nitrogen and oxygen atoms in total. The molecule has 2 aromatic rings. The fraction of sp³-hybridized carbons (Fsp3) is 0.588. The van der Waals surface area contributed by atoms with E-state index in [9.17, 15) is 0 Å². The second-order valence-electron chi connectivity index (χ2n) is 6.48.